The van der Waals surface area contributed by atoms with E-state index in [-0.39, 0.29) is 16.2 Å². The number of hydrogen-bond acceptors (Lipinski definition) is 4. The van der Waals surface area contributed by atoms with E-state index in [9.17, 15) is 13.2 Å². The van der Waals surface area contributed by atoms with Crippen molar-refractivity contribution in [1.82, 2.24) is 14.1 Å². The number of pyridine rings is 1. The van der Waals surface area contributed by atoms with Gasteiger partial charge in [-0.05, 0) is 61.9 Å². The minimum absolute atomic E-state index is 0.0202. The maximum absolute atomic E-state index is 12.8. The van der Waals surface area contributed by atoms with E-state index >= 15 is 0 Å². The molecule has 0 unspecified atom stereocenters. The van der Waals surface area contributed by atoms with Gasteiger partial charge in [0.1, 0.15) is 11.3 Å². The van der Waals surface area contributed by atoms with Gasteiger partial charge in [-0.2, -0.15) is 0 Å². The smallest absolute Gasteiger partial charge is 0.253 e. The van der Waals surface area contributed by atoms with Gasteiger partial charge in [-0.1, -0.05) is 6.92 Å². The number of fused-ring (bicyclic) bond motifs is 1. The lowest BCUT2D eigenvalue weighted by atomic mass is 10.1. The van der Waals surface area contributed by atoms with Crippen LogP contribution in [0.5, 0.6) is 0 Å². The van der Waals surface area contributed by atoms with Crippen molar-refractivity contribution < 1.29 is 8.42 Å². The summed E-state index contributed by atoms with van der Waals surface area (Å²) in [6, 6.07) is 5.53. The van der Waals surface area contributed by atoms with Gasteiger partial charge in [0.25, 0.3) is 5.56 Å². The predicted octanol–water partition coefficient (Wildman–Crippen LogP) is 3.22. The zero-order valence-corrected chi connectivity index (χ0v) is 17.5. The zero-order chi connectivity index (χ0) is 20.2. The van der Waals surface area contributed by atoms with Crippen LogP contribution in [-0.2, 0) is 23.4 Å². The summed E-state index contributed by atoms with van der Waals surface area (Å²) in [4.78, 5) is 17.0. The number of sulfone groups is 1. The van der Waals surface area contributed by atoms with Crippen LogP contribution in [-0.4, -0.2) is 28.3 Å². The first-order valence-corrected chi connectivity index (χ1v) is 11.3. The van der Waals surface area contributed by atoms with Crippen LogP contribution in [0.15, 0.2) is 34.1 Å². The molecule has 0 aliphatic heterocycles. The fourth-order valence-corrected chi connectivity index (χ4v) is 4.75. The van der Waals surface area contributed by atoms with Gasteiger partial charge >= 0.3 is 0 Å². The first-order valence-electron chi connectivity index (χ1n) is 9.62. The Bertz CT molecular complexity index is 1220. The summed E-state index contributed by atoms with van der Waals surface area (Å²) in [6.07, 6.45) is 4.17. The maximum Gasteiger partial charge on any atom is 0.253 e. The Labute approximate surface area is 164 Å². The quantitative estimate of drug-likeness (QED) is 0.660. The van der Waals surface area contributed by atoms with E-state index in [0.29, 0.717) is 17.0 Å². The third kappa shape index (κ3) is 3.17. The summed E-state index contributed by atoms with van der Waals surface area (Å²) < 4.78 is 29.4. The summed E-state index contributed by atoms with van der Waals surface area (Å²) >= 11 is 0. The van der Waals surface area contributed by atoms with Crippen molar-refractivity contribution in [3.8, 4) is 11.1 Å². The van der Waals surface area contributed by atoms with Crippen molar-refractivity contribution in [2.75, 3.05) is 5.75 Å². The number of hydrogen-bond donors (Lipinski definition) is 0. The highest BCUT2D eigenvalue weighted by molar-refractivity contribution is 7.91. The van der Waals surface area contributed by atoms with E-state index < -0.39 is 9.84 Å². The number of imidazole rings is 1. The van der Waals surface area contributed by atoms with Crippen LogP contribution < -0.4 is 5.56 Å². The SMILES string of the molecule is CCS(=O)(=O)c1cc(-c2cc(C)c(=O)n(C)c2)cc2c1nc(C)n2CC1CC1. The summed E-state index contributed by atoms with van der Waals surface area (Å²) in [6.45, 7) is 6.22. The van der Waals surface area contributed by atoms with Gasteiger partial charge in [-0.25, -0.2) is 13.4 Å². The lowest BCUT2D eigenvalue weighted by Gasteiger charge is -2.11. The zero-order valence-electron chi connectivity index (χ0n) is 16.7. The minimum atomic E-state index is -3.44. The summed E-state index contributed by atoms with van der Waals surface area (Å²) in [5, 5.41) is 0. The highest BCUT2D eigenvalue weighted by Crippen LogP contribution is 2.35. The molecule has 7 heteroatoms. The van der Waals surface area contributed by atoms with Crippen molar-refractivity contribution >= 4 is 20.9 Å². The highest BCUT2D eigenvalue weighted by Gasteiger charge is 2.26. The van der Waals surface area contributed by atoms with E-state index in [4.69, 9.17) is 0 Å². The van der Waals surface area contributed by atoms with Gasteiger partial charge in [0, 0.05) is 25.4 Å². The molecular formula is C21H25N3O3S. The first-order chi connectivity index (χ1) is 13.2. The third-order valence-corrected chi connectivity index (χ3v) is 7.30. The Morgan fingerprint density at radius 3 is 2.46 bits per heavy atom. The molecule has 1 aliphatic carbocycles. The van der Waals surface area contributed by atoms with Crippen molar-refractivity contribution in [2.24, 2.45) is 13.0 Å². The third-order valence-electron chi connectivity index (χ3n) is 5.56. The molecule has 1 saturated carbocycles. The van der Waals surface area contributed by atoms with Gasteiger partial charge in [-0.3, -0.25) is 4.79 Å². The number of nitrogens with zero attached hydrogens (tertiary/aromatic N) is 3. The van der Waals surface area contributed by atoms with Crippen LogP contribution >= 0.6 is 0 Å². The fourth-order valence-electron chi connectivity index (χ4n) is 3.69. The first kappa shape index (κ1) is 18.9. The molecule has 0 radical (unpaired) electrons. The molecule has 28 heavy (non-hydrogen) atoms. The Balaban J connectivity index is 2.03. The van der Waals surface area contributed by atoms with Gasteiger partial charge in [0.15, 0.2) is 9.84 Å². The molecule has 2 heterocycles. The van der Waals surface area contributed by atoms with Crippen LogP contribution in [0.25, 0.3) is 22.2 Å². The second-order valence-electron chi connectivity index (χ2n) is 7.79. The molecule has 3 aromatic rings. The molecule has 0 atom stereocenters. The minimum Gasteiger partial charge on any atom is -0.328 e. The van der Waals surface area contributed by atoms with Crippen LogP contribution in [0.4, 0.5) is 0 Å². The lowest BCUT2D eigenvalue weighted by Crippen LogP contribution is -2.18. The van der Waals surface area contributed by atoms with E-state index in [1.807, 2.05) is 19.1 Å². The largest absolute Gasteiger partial charge is 0.328 e. The molecule has 1 aromatic carbocycles. The fraction of sp³-hybridized carbons (Fsp3) is 0.429. The number of rotatable bonds is 5. The Morgan fingerprint density at radius 2 is 1.86 bits per heavy atom. The van der Waals surface area contributed by atoms with E-state index in [1.54, 1.807) is 33.2 Å². The predicted molar refractivity (Wildman–Crippen MR) is 110 cm³/mol. The molecule has 1 fully saturated rings. The average Bonchev–Trinajstić information content (AvgIpc) is 3.42. The molecule has 0 saturated heterocycles. The second kappa shape index (κ2) is 6.58. The summed E-state index contributed by atoms with van der Waals surface area (Å²) in [5.74, 6) is 1.50. The number of benzene rings is 1. The van der Waals surface area contributed by atoms with Gasteiger partial charge in [0.2, 0.25) is 0 Å². The molecule has 2 aromatic heterocycles. The second-order valence-corrected chi connectivity index (χ2v) is 10.0. The molecule has 0 amide bonds. The Morgan fingerprint density at radius 1 is 1.14 bits per heavy atom. The van der Waals surface area contributed by atoms with E-state index in [2.05, 4.69) is 9.55 Å². The van der Waals surface area contributed by atoms with Crippen LogP contribution in [0, 0.1) is 19.8 Å². The Hall–Kier alpha value is -2.41. The highest BCUT2D eigenvalue weighted by atomic mass is 32.2. The maximum atomic E-state index is 12.8. The topological polar surface area (TPSA) is 74.0 Å². The number of aryl methyl sites for hydroxylation is 3. The molecular weight excluding hydrogens is 374 g/mol. The lowest BCUT2D eigenvalue weighted by molar-refractivity contribution is 0.598. The van der Waals surface area contributed by atoms with Crippen molar-refractivity contribution in [1.29, 1.82) is 0 Å². The molecule has 0 bridgehead atoms. The van der Waals surface area contributed by atoms with Crippen molar-refractivity contribution in [3.63, 3.8) is 0 Å². The van der Waals surface area contributed by atoms with Crippen molar-refractivity contribution in [3.05, 3.63) is 46.1 Å². The van der Waals surface area contributed by atoms with Gasteiger partial charge < -0.3 is 9.13 Å². The molecule has 1 aliphatic rings. The van der Waals surface area contributed by atoms with Crippen LogP contribution in [0.1, 0.15) is 31.2 Å². The molecule has 0 N–H and O–H groups in total. The number of aromatic nitrogens is 3. The van der Waals surface area contributed by atoms with E-state index in [0.717, 1.165) is 29.0 Å². The normalized spacial score (nSPS) is 14.7. The standard InChI is InChI=1S/C21H25N3O3S/c1-5-28(26,27)19-10-16(17-8-13(2)21(25)23(4)12-17)9-18-20(19)22-14(3)24(18)11-15-6-7-15/h8-10,12,15H,5-7,11H2,1-4H3. The summed E-state index contributed by atoms with van der Waals surface area (Å²) in [7, 11) is -1.73. The molecule has 0 spiro atoms. The van der Waals surface area contributed by atoms with Crippen LogP contribution in [0.2, 0.25) is 0 Å². The van der Waals surface area contributed by atoms with Crippen LogP contribution in [0.3, 0.4) is 0 Å². The molecule has 148 valence electrons. The van der Waals surface area contributed by atoms with Crippen molar-refractivity contribution in [2.45, 2.75) is 45.1 Å². The van der Waals surface area contributed by atoms with E-state index in [1.165, 1.54) is 17.4 Å². The molecule has 4 rings (SSSR count). The average molecular weight is 400 g/mol. The monoisotopic (exact) mass is 399 g/mol. The Kier molecular flexibility index (Phi) is 4.45. The van der Waals surface area contributed by atoms with Gasteiger partial charge in [-0.15, -0.1) is 0 Å². The molecule has 6 nitrogen and oxygen atoms in total. The van der Waals surface area contributed by atoms with Gasteiger partial charge in [0.05, 0.1) is 16.2 Å². The summed E-state index contributed by atoms with van der Waals surface area (Å²) in [5.41, 5.74) is 3.58.